The van der Waals surface area contributed by atoms with Gasteiger partial charge in [0.2, 0.25) is 0 Å². The zero-order valence-corrected chi connectivity index (χ0v) is 11.1. The van der Waals surface area contributed by atoms with Crippen LogP contribution in [0, 0.1) is 3.57 Å². The average molecular weight is 364 g/mol. The van der Waals surface area contributed by atoms with Gasteiger partial charge in [-0.3, -0.25) is 0 Å². The summed E-state index contributed by atoms with van der Waals surface area (Å²) in [5, 5.41) is 0.484. The highest BCUT2D eigenvalue weighted by Crippen LogP contribution is 2.29. The molecule has 1 aromatic carbocycles. The molecule has 2 N–H and O–H groups in total. The molecule has 0 heterocycles. The maximum absolute atomic E-state index is 12.0. The Bertz CT molecular complexity index is 368. The first-order valence-electron chi connectivity index (χ1n) is 4.57. The Labute approximate surface area is 110 Å². The van der Waals surface area contributed by atoms with Gasteiger partial charge in [0.15, 0.2) is 0 Å². The van der Waals surface area contributed by atoms with Crippen molar-refractivity contribution in [2.45, 2.75) is 25.1 Å². The van der Waals surface area contributed by atoms with Crippen LogP contribution in [-0.2, 0) is 0 Å². The summed E-state index contributed by atoms with van der Waals surface area (Å²) in [6, 6.07) is 4.41. The van der Waals surface area contributed by atoms with Crippen molar-refractivity contribution in [1.29, 1.82) is 0 Å². The molecule has 0 saturated carbocycles. The Hall–Kier alpha value is -0.0100. The van der Waals surface area contributed by atoms with Gasteiger partial charge in [-0.1, -0.05) is 11.6 Å². The summed E-state index contributed by atoms with van der Waals surface area (Å²) in [5.74, 6) is 0. The third-order valence-corrected chi connectivity index (χ3v) is 3.31. The minimum absolute atomic E-state index is 0.125. The van der Waals surface area contributed by atoms with E-state index in [2.05, 4.69) is 0 Å². The van der Waals surface area contributed by atoms with E-state index in [0.29, 0.717) is 10.6 Å². The second kappa shape index (κ2) is 5.55. The second-order valence-corrected chi connectivity index (χ2v) is 5.02. The van der Waals surface area contributed by atoms with E-state index < -0.39 is 18.6 Å². The highest BCUT2D eigenvalue weighted by Gasteiger charge is 2.28. The van der Waals surface area contributed by atoms with Crippen LogP contribution in [0.15, 0.2) is 18.2 Å². The topological polar surface area (TPSA) is 26.0 Å². The summed E-state index contributed by atoms with van der Waals surface area (Å²) in [6.45, 7) is 0. The fourth-order valence-electron chi connectivity index (χ4n) is 1.27. The van der Waals surface area contributed by atoms with Gasteiger partial charge < -0.3 is 5.73 Å². The van der Waals surface area contributed by atoms with Crippen LogP contribution in [0.25, 0.3) is 0 Å². The van der Waals surface area contributed by atoms with Crippen LogP contribution in [0.1, 0.15) is 24.4 Å². The van der Waals surface area contributed by atoms with Crippen molar-refractivity contribution in [1.82, 2.24) is 0 Å². The average Bonchev–Trinajstić information content (AvgIpc) is 2.17. The van der Waals surface area contributed by atoms with Crippen LogP contribution >= 0.6 is 34.2 Å². The number of halogens is 5. The number of hydrogen-bond donors (Lipinski definition) is 1. The highest BCUT2D eigenvalue weighted by molar-refractivity contribution is 14.1. The molecule has 16 heavy (non-hydrogen) atoms. The predicted molar refractivity (Wildman–Crippen MR) is 66.4 cm³/mol. The third kappa shape index (κ3) is 4.47. The van der Waals surface area contributed by atoms with Crippen molar-refractivity contribution in [3.05, 3.63) is 32.4 Å². The van der Waals surface area contributed by atoms with Crippen molar-refractivity contribution in [3.8, 4) is 0 Å². The number of rotatable bonds is 3. The Morgan fingerprint density at radius 1 is 1.38 bits per heavy atom. The highest BCUT2D eigenvalue weighted by atomic mass is 127. The van der Waals surface area contributed by atoms with Gasteiger partial charge in [0.05, 0.1) is 0 Å². The molecule has 0 radical (unpaired) electrons. The molecule has 1 atom stereocenters. The summed E-state index contributed by atoms with van der Waals surface area (Å²) in [5.41, 5.74) is 6.37. The lowest BCUT2D eigenvalue weighted by molar-refractivity contribution is -0.136. The monoisotopic (exact) mass is 363 g/mol. The minimum atomic E-state index is -4.17. The van der Waals surface area contributed by atoms with E-state index in [1.807, 2.05) is 22.6 Å². The van der Waals surface area contributed by atoms with E-state index >= 15 is 0 Å². The zero-order chi connectivity index (χ0) is 12.3. The second-order valence-electron chi connectivity index (χ2n) is 3.43. The molecule has 0 aromatic heterocycles. The first kappa shape index (κ1) is 14.1. The quantitative estimate of drug-likeness (QED) is 0.797. The summed E-state index contributed by atoms with van der Waals surface area (Å²) in [4.78, 5) is 0. The summed E-state index contributed by atoms with van der Waals surface area (Å²) >= 11 is 7.80. The van der Waals surface area contributed by atoms with Crippen LogP contribution in [0.4, 0.5) is 13.2 Å². The van der Waals surface area contributed by atoms with Gasteiger partial charge in [-0.15, -0.1) is 0 Å². The molecule has 1 aromatic rings. The van der Waals surface area contributed by atoms with Crippen molar-refractivity contribution < 1.29 is 13.2 Å². The first-order valence-corrected chi connectivity index (χ1v) is 6.02. The van der Waals surface area contributed by atoms with Gasteiger partial charge in [0.25, 0.3) is 0 Å². The van der Waals surface area contributed by atoms with Gasteiger partial charge in [-0.05, 0) is 52.8 Å². The maximum atomic E-state index is 12.0. The van der Waals surface area contributed by atoms with Gasteiger partial charge in [0.1, 0.15) is 0 Å². The summed E-state index contributed by atoms with van der Waals surface area (Å²) < 4.78 is 36.9. The lowest BCUT2D eigenvalue weighted by Gasteiger charge is -2.15. The fourth-order valence-corrected chi connectivity index (χ4v) is 2.19. The van der Waals surface area contributed by atoms with E-state index in [9.17, 15) is 13.2 Å². The summed E-state index contributed by atoms with van der Waals surface area (Å²) in [7, 11) is 0. The largest absolute Gasteiger partial charge is 0.389 e. The van der Waals surface area contributed by atoms with Crippen LogP contribution in [-0.4, -0.2) is 6.18 Å². The third-order valence-electron chi connectivity index (χ3n) is 2.10. The lowest BCUT2D eigenvalue weighted by Crippen LogP contribution is -2.16. The van der Waals surface area contributed by atoms with Crippen LogP contribution in [0.3, 0.4) is 0 Å². The molecule has 6 heteroatoms. The van der Waals surface area contributed by atoms with E-state index in [1.165, 1.54) is 0 Å². The molecule has 90 valence electrons. The normalized spacial score (nSPS) is 13.9. The predicted octanol–water partition coefficient (Wildman–Crippen LogP) is 4.29. The SMILES string of the molecule is NC(CCC(F)(F)F)c1cc(Cl)ccc1I. The van der Waals surface area contributed by atoms with E-state index in [4.69, 9.17) is 17.3 Å². The lowest BCUT2D eigenvalue weighted by atomic mass is 10.0. The first-order chi connectivity index (χ1) is 7.29. The molecule has 0 aliphatic heterocycles. The molecule has 0 saturated heterocycles. The molecular formula is C10H10ClF3IN. The molecule has 1 rings (SSSR count). The van der Waals surface area contributed by atoms with Crippen LogP contribution < -0.4 is 5.73 Å². The van der Waals surface area contributed by atoms with Gasteiger partial charge >= 0.3 is 6.18 Å². The van der Waals surface area contributed by atoms with Crippen molar-refractivity contribution in [2.75, 3.05) is 0 Å². The van der Waals surface area contributed by atoms with Gasteiger partial charge in [-0.25, -0.2) is 0 Å². The standard InChI is InChI=1S/C10H10ClF3IN/c11-6-1-2-8(15)7(5-6)9(16)3-4-10(12,13)14/h1-2,5,9H,3-4,16H2. The molecular weight excluding hydrogens is 353 g/mol. The molecule has 0 spiro atoms. The fraction of sp³-hybridized carbons (Fsp3) is 0.400. The van der Waals surface area contributed by atoms with Gasteiger partial charge in [0, 0.05) is 21.1 Å². The van der Waals surface area contributed by atoms with Crippen molar-refractivity contribution >= 4 is 34.2 Å². The Morgan fingerprint density at radius 2 is 2.00 bits per heavy atom. The van der Waals surface area contributed by atoms with Gasteiger partial charge in [-0.2, -0.15) is 13.2 Å². The summed E-state index contributed by atoms with van der Waals surface area (Å²) in [6.07, 6.45) is -5.17. The van der Waals surface area contributed by atoms with E-state index in [1.54, 1.807) is 18.2 Å². The molecule has 0 amide bonds. The number of alkyl halides is 3. The molecule has 1 nitrogen and oxygen atoms in total. The molecule has 1 unspecified atom stereocenters. The van der Waals surface area contributed by atoms with E-state index in [0.717, 1.165) is 3.57 Å². The number of benzene rings is 1. The Morgan fingerprint density at radius 3 is 2.56 bits per heavy atom. The van der Waals surface area contributed by atoms with Crippen LogP contribution in [0.2, 0.25) is 5.02 Å². The minimum Gasteiger partial charge on any atom is -0.324 e. The van der Waals surface area contributed by atoms with E-state index in [-0.39, 0.29) is 6.42 Å². The molecule has 0 aliphatic carbocycles. The molecule has 0 fully saturated rings. The van der Waals surface area contributed by atoms with Crippen LogP contribution in [0.5, 0.6) is 0 Å². The van der Waals surface area contributed by atoms with Crippen molar-refractivity contribution in [2.24, 2.45) is 5.73 Å². The number of nitrogens with two attached hydrogens (primary N) is 1. The molecule has 0 bridgehead atoms. The Kier molecular flexibility index (Phi) is 4.88. The smallest absolute Gasteiger partial charge is 0.324 e. The Balaban J connectivity index is 2.73. The zero-order valence-electron chi connectivity index (χ0n) is 8.19. The van der Waals surface area contributed by atoms with Crippen molar-refractivity contribution in [3.63, 3.8) is 0 Å². The number of hydrogen-bond acceptors (Lipinski definition) is 1. The maximum Gasteiger partial charge on any atom is 0.389 e. The molecule has 0 aliphatic rings.